The first-order valence-corrected chi connectivity index (χ1v) is 39.9. The van der Waals surface area contributed by atoms with Crippen LogP contribution in [0.1, 0.15) is 277 Å². The molecule has 0 radical (unpaired) electrons. The normalized spacial score (nSPS) is 14.5. The Morgan fingerprint density at radius 1 is 0.330 bits per heavy atom. The number of phenols is 2. The number of ketones is 2. The lowest BCUT2D eigenvalue weighted by molar-refractivity contribution is -0.118. The molecule has 0 aliphatic heterocycles. The summed E-state index contributed by atoms with van der Waals surface area (Å²) in [6.45, 7) is 17.7. The molecule has 0 saturated carbocycles. The molecular weight excluding hydrogens is 1310 g/mol. The van der Waals surface area contributed by atoms with Crippen LogP contribution >= 0.6 is 0 Å². The Balaban J connectivity index is 0.000000212. The van der Waals surface area contributed by atoms with E-state index in [0.717, 1.165) is 98.4 Å². The zero-order chi connectivity index (χ0) is 74.7. The molecule has 4 aromatic heterocycles. The molecule has 4 N–H and O–H groups in total. The van der Waals surface area contributed by atoms with Crippen LogP contribution < -0.4 is 0 Å². The smallest absolute Gasteiger partial charge is 0.219 e. The molecule has 106 heavy (non-hydrogen) atoms. The fourth-order valence-electron chi connectivity index (χ4n) is 14.8. The number of unbranched alkanes of at least 4 members (excludes halogenated alkanes) is 20. The number of aromatic nitrogens is 6. The molecule has 0 fully saturated rings. The predicted octanol–water partition coefficient (Wildman–Crippen LogP) is 23.1. The number of nitrogens with zero attached hydrogens (tertiary/aromatic N) is 6. The maximum Gasteiger partial charge on any atom is 0.219 e. The second kappa shape index (κ2) is 36.7. The van der Waals surface area contributed by atoms with Gasteiger partial charge in [0.15, 0.2) is 22.9 Å². The fraction of sp³-hybridized carbons (Fsp3) is 0.426. The largest absolute Gasteiger partial charge is 0.508 e. The standard InChI is InChI=1S/2C47H57N3O3/c1-5-6-7-8-9-10-11-12-13-14-15-16-37-31-40(44(37)52)35-21-17-33(18-22-35)30-42-46(53)50-32-43(36-23-25-38(26-24-36)47(2,3)4)48-41(45(50)49-42)29-34-19-27-39(51)28-20-34;1-5-6-7-8-9-10-11-12-13-14-15-16-37-31-40(44(37)52)35-21-17-33(18-22-35)30-42-46(53)50-32-43(36-23-27-39(51)28-24-36)48-41(45(50)49-42)29-34-19-25-38(26-20-34)47(2,3)4/h2*17-28,31-32,37,51,53H,5-16,29-30H2,1-4H3. The monoisotopic (exact) mass is 1420 g/mol. The lowest BCUT2D eigenvalue weighted by Crippen LogP contribution is -2.23. The summed E-state index contributed by atoms with van der Waals surface area (Å²) in [6, 6.07) is 47.3. The van der Waals surface area contributed by atoms with Crippen molar-refractivity contribution in [2.75, 3.05) is 0 Å². The number of allylic oxidation sites excluding steroid dienone is 4. The highest BCUT2D eigenvalue weighted by molar-refractivity contribution is 6.29. The average molecular weight is 1420 g/mol. The quantitative estimate of drug-likeness (QED) is 0.0277. The number of carbonyl (C=O) groups is 2. The highest BCUT2D eigenvalue weighted by atomic mass is 16.3. The van der Waals surface area contributed by atoms with Crippen LogP contribution in [0.2, 0.25) is 0 Å². The van der Waals surface area contributed by atoms with Crippen LogP contribution in [0.25, 0.3) is 45.0 Å². The Morgan fingerprint density at radius 2 is 0.604 bits per heavy atom. The highest BCUT2D eigenvalue weighted by Crippen LogP contribution is 2.38. The lowest BCUT2D eigenvalue weighted by atomic mass is 9.78. The first-order valence-electron chi connectivity index (χ1n) is 39.9. The van der Waals surface area contributed by atoms with Crippen molar-refractivity contribution >= 4 is 34.0 Å². The van der Waals surface area contributed by atoms with Gasteiger partial charge in [0.05, 0.1) is 22.8 Å². The van der Waals surface area contributed by atoms with Crippen LogP contribution in [0, 0.1) is 11.8 Å². The third-order valence-corrected chi connectivity index (χ3v) is 21.6. The van der Waals surface area contributed by atoms with Crippen LogP contribution in [0.15, 0.2) is 170 Å². The molecule has 0 spiro atoms. The van der Waals surface area contributed by atoms with Crippen molar-refractivity contribution in [1.82, 2.24) is 28.7 Å². The van der Waals surface area contributed by atoms with E-state index >= 15 is 0 Å². The maximum absolute atomic E-state index is 13.0. The summed E-state index contributed by atoms with van der Waals surface area (Å²) in [5.74, 6) is 1.22. The van der Waals surface area contributed by atoms with Gasteiger partial charge in [0, 0.05) is 72.2 Å². The first-order chi connectivity index (χ1) is 51.2. The Hall–Kier alpha value is -9.42. The van der Waals surface area contributed by atoms with Crippen LogP contribution in [-0.2, 0) is 46.1 Å². The number of Topliss-reactive ketones (excluding diaryl/α,β-unsaturated/α-hetero) is 2. The molecule has 0 amide bonds. The summed E-state index contributed by atoms with van der Waals surface area (Å²) in [7, 11) is 0. The molecule has 12 heteroatoms. The van der Waals surface area contributed by atoms with Gasteiger partial charge in [-0.2, -0.15) is 0 Å². The van der Waals surface area contributed by atoms with Crippen LogP contribution in [0.4, 0.5) is 0 Å². The second-order valence-corrected chi connectivity index (χ2v) is 32.1. The fourth-order valence-corrected chi connectivity index (χ4v) is 14.8. The molecule has 0 bridgehead atoms. The molecule has 2 aliphatic rings. The summed E-state index contributed by atoms with van der Waals surface area (Å²) in [6.07, 6.45) is 40.8. The van der Waals surface area contributed by atoms with Gasteiger partial charge in [0.1, 0.15) is 22.9 Å². The summed E-state index contributed by atoms with van der Waals surface area (Å²) in [5, 5.41) is 42.7. The van der Waals surface area contributed by atoms with E-state index in [1.165, 1.54) is 140 Å². The molecule has 6 aromatic carbocycles. The third kappa shape index (κ3) is 20.6. The summed E-state index contributed by atoms with van der Waals surface area (Å²) >= 11 is 0. The van der Waals surface area contributed by atoms with Gasteiger partial charge in [0.2, 0.25) is 11.8 Å². The van der Waals surface area contributed by atoms with Crippen LogP contribution in [0.3, 0.4) is 0 Å². The molecule has 2 unspecified atom stereocenters. The average Bonchev–Trinajstić information content (AvgIpc) is 1.58. The number of carbonyl (C=O) groups excluding carboxylic acids is 2. The number of benzene rings is 6. The molecular formula is C94H114N6O6. The van der Waals surface area contributed by atoms with Crippen molar-refractivity contribution in [3.8, 4) is 45.8 Å². The van der Waals surface area contributed by atoms with Gasteiger partial charge >= 0.3 is 0 Å². The molecule has 2 atom stereocenters. The van der Waals surface area contributed by atoms with E-state index in [0.29, 0.717) is 54.1 Å². The van der Waals surface area contributed by atoms with Gasteiger partial charge in [-0.05, 0) is 105 Å². The topological polar surface area (TPSA) is 175 Å². The second-order valence-electron chi connectivity index (χ2n) is 32.1. The van der Waals surface area contributed by atoms with E-state index in [9.17, 15) is 30.0 Å². The number of aromatic hydroxyl groups is 4. The lowest BCUT2D eigenvalue weighted by Gasteiger charge is -2.24. The van der Waals surface area contributed by atoms with E-state index in [1.807, 2.05) is 85.2 Å². The SMILES string of the molecule is CCCCCCCCCCCCCC1C=C(c2ccc(Cc3nc4c(Cc5ccc(C(C)(C)C)cc5)nc(-c5ccc(O)cc5)cn4c3O)cc2)C1=O.CCCCCCCCCCCCCC1C=C(c2ccc(Cc3nc4c(Cc5ccc(O)cc5)nc(-c5ccc(C(C)(C)C)cc5)cn4c3O)cc2)C1=O. The molecule has 12 nitrogen and oxygen atoms in total. The van der Waals surface area contributed by atoms with Crippen molar-refractivity contribution in [1.29, 1.82) is 0 Å². The maximum atomic E-state index is 13.0. The van der Waals surface area contributed by atoms with Crippen molar-refractivity contribution in [3.05, 3.63) is 237 Å². The Kier molecular flexibility index (Phi) is 26.9. The third-order valence-electron chi connectivity index (χ3n) is 21.6. The molecule has 4 heterocycles. The van der Waals surface area contributed by atoms with Crippen molar-refractivity contribution in [3.63, 3.8) is 0 Å². The zero-order valence-electron chi connectivity index (χ0n) is 64.4. The minimum Gasteiger partial charge on any atom is -0.508 e. The number of hydrogen-bond donors (Lipinski definition) is 4. The van der Waals surface area contributed by atoms with Crippen LogP contribution in [0.5, 0.6) is 23.3 Å². The number of fused-ring (bicyclic) bond motifs is 2. The number of hydrogen-bond acceptors (Lipinski definition) is 10. The van der Waals surface area contributed by atoms with Gasteiger partial charge in [-0.15, -0.1) is 0 Å². The predicted molar refractivity (Wildman–Crippen MR) is 433 cm³/mol. The van der Waals surface area contributed by atoms with E-state index in [4.69, 9.17) is 19.9 Å². The van der Waals surface area contributed by atoms with E-state index in [2.05, 4.69) is 116 Å². The van der Waals surface area contributed by atoms with E-state index in [-0.39, 0.29) is 57.5 Å². The molecule has 12 rings (SSSR count). The Bertz CT molecular complexity index is 4590. The van der Waals surface area contributed by atoms with Gasteiger partial charge in [-0.3, -0.25) is 18.4 Å². The van der Waals surface area contributed by atoms with Gasteiger partial charge in [-0.1, -0.05) is 318 Å². The highest BCUT2D eigenvalue weighted by Gasteiger charge is 2.32. The van der Waals surface area contributed by atoms with Crippen molar-refractivity contribution in [2.45, 2.75) is 246 Å². The number of rotatable bonds is 36. The van der Waals surface area contributed by atoms with E-state index < -0.39 is 0 Å². The van der Waals surface area contributed by atoms with Gasteiger partial charge < -0.3 is 20.4 Å². The first kappa shape index (κ1) is 77.7. The van der Waals surface area contributed by atoms with Crippen molar-refractivity contribution in [2.24, 2.45) is 11.8 Å². The minimum absolute atomic E-state index is 0.0361. The summed E-state index contributed by atoms with van der Waals surface area (Å²) in [5.41, 5.74) is 17.3. The molecule has 2 aliphatic carbocycles. The summed E-state index contributed by atoms with van der Waals surface area (Å²) in [4.78, 5) is 46.0. The van der Waals surface area contributed by atoms with Gasteiger partial charge in [-0.25, -0.2) is 19.9 Å². The van der Waals surface area contributed by atoms with Gasteiger partial charge in [0.25, 0.3) is 0 Å². The minimum atomic E-state index is 0.0361. The molecule has 10 aromatic rings. The van der Waals surface area contributed by atoms with Crippen LogP contribution in [-0.4, -0.2) is 60.7 Å². The molecule has 0 saturated heterocycles. The van der Waals surface area contributed by atoms with Crippen molar-refractivity contribution < 1.29 is 30.0 Å². The number of phenolic OH excluding ortho intramolecular Hbond substituents is 2. The Morgan fingerprint density at radius 3 is 0.934 bits per heavy atom. The number of imidazole rings is 2. The summed E-state index contributed by atoms with van der Waals surface area (Å²) < 4.78 is 3.47. The Labute approximate surface area is 630 Å². The van der Waals surface area contributed by atoms with E-state index in [1.54, 1.807) is 33.1 Å². The zero-order valence-corrected chi connectivity index (χ0v) is 64.4. The molecule has 556 valence electrons.